The number of hydrogen-bond acceptors (Lipinski definition) is 3. The molecule has 5 nitrogen and oxygen atoms in total. The van der Waals surface area contributed by atoms with Gasteiger partial charge in [0.05, 0.1) is 0 Å². The molecule has 0 heterocycles. The maximum absolute atomic E-state index is 12.4. The van der Waals surface area contributed by atoms with Gasteiger partial charge in [-0.2, -0.15) is 0 Å². The first kappa shape index (κ1) is 22.0. The van der Waals surface area contributed by atoms with Crippen molar-refractivity contribution in [2.75, 3.05) is 10.6 Å². The minimum Gasteiger partial charge on any atom is -0.332 e. The zero-order valence-corrected chi connectivity index (χ0v) is 18.1. The quantitative estimate of drug-likeness (QED) is 0.430. The van der Waals surface area contributed by atoms with E-state index in [0.29, 0.717) is 16.4 Å². The fraction of sp³-hybridized carbons (Fsp3) is 0.261. The highest BCUT2D eigenvalue weighted by Gasteiger charge is 2.21. The van der Waals surface area contributed by atoms with Gasteiger partial charge in [-0.05, 0) is 67.0 Å². The first-order valence-electron chi connectivity index (χ1n) is 9.96. The van der Waals surface area contributed by atoms with Crippen molar-refractivity contribution < 1.29 is 9.59 Å². The van der Waals surface area contributed by atoms with E-state index in [1.807, 2.05) is 30.3 Å². The molecular weight excluding hydrogens is 418 g/mol. The molecule has 0 bridgehead atoms. The lowest BCUT2D eigenvalue weighted by atomic mass is 9.88. The Labute approximate surface area is 186 Å². The van der Waals surface area contributed by atoms with Gasteiger partial charge >= 0.3 is 0 Å². The van der Waals surface area contributed by atoms with E-state index < -0.39 is 0 Å². The van der Waals surface area contributed by atoms with Crippen LogP contribution in [0.3, 0.4) is 0 Å². The summed E-state index contributed by atoms with van der Waals surface area (Å²) in [5.74, 6) is -0.192. The van der Waals surface area contributed by atoms with Crippen LogP contribution in [0.2, 0.25) is 5.02 Å². The van der Waals surface area contributed by atoms with E-state index in [1.54, 1.807) is 24.3 Å². The Morgan fingerprint density at radius 2 is 1.63 bits per heavy atom. The van der Waals surface area contributed by atoms with Crippen molar-refractivity contribution in [1.29, 1.82) is 0 Å². The summed E-state index contributed by atoms with van der Waals surface area (Å²) < 4.78 is 0. The Morgan fingerprint density at radius 1 is 0.967 bits per heavy atom. The van der Waals surface area contributed by atoms with Crippen molar-refractivity contribution in [2.24, 2.45) is 5.92 Å². The molecule has 0 aliphatic heterocycles. The Bertz CT molecular complexity index is 938. The first-order chi connectivity index (χ1) is 14.5. The predicted octanol–water partition coefficient (Wildman–Crippen LogP) is 5.39. The number of rotatable bonds is 5. The van der Waals surface area contributed by atoms with E-state index in [2.05, 4.69) is 16.0 Å². The van der Waals surface area contributed by atoms with Crippen molar-refractivity contribution in [3.05, 3.63) is 65.2 Å². The minimum absolute atomic E-state index is 0.0649. The highest BCUT2D eigenvalue weighted by Crippen LogP contribution is 2.25. The topological polar surface area (TPSA) is 70.2 Å². The molecule has 3 N–H and O–H groups in total. The third-order valence-electron chi connectivity index (χ3n) is 4.90. The Balaban J connectivity index is 1.51. The summed E-state index contributed by atoms with van der Waals surface area (Å²) in [5.41, 5.74) is 2.24. The molecule has 3 rings (SSSR count). The van der Waals surface area contributed by atoms with Crippen LogP contribution in [-0.2, 0) is 9.59 Å². The van der Waals surface area contributed by atoms with Crippen LogP contribution in [0, 0.1) is 5.92 Å². The monoisotopic (exact) mass is 441 g/mol. The number of halogens is 1. The lowest BCUT2D eigenvalue weighted by molar-refractivity contribution is -0.120. The molecule has 0 atom stereocenters. The molecule has 1 fully saturated rings. The third kappa shape index (κ3) is 6.97. The van der Waals surface area contributed by atoms with Crippen molar-refractivity contribution in [1.82, 2.24) is 5.32 Å². The average Bonchev–Trinajstić information content (AvgIpc) is 2.74. The van der Waals surface area contributed by atoms with Crippen molar-refractivity contribution >= 4 is 58.2 Å². The van der Waals surface area contributed by atoms with Gasteiger partial charge in [-0.3, -0.25) is 14.9 Å². The Hall–Kier alpha value is -2.70. The second-order valence-electron chi connectivity index (χ2n) is 7.23. The van der Waals surface area contributed by atoms with E-state index in [9.17, 15) is 9.59 Å². The Morgan fingerprint density at radius 3 is 2.33 bits per heavy atom. The average molecular weight is 442 g/mol. The number of nitrogens with one attached hydrogen (secondary N) is 3. The van der Waals surface area contributed by atoms with Crippen LogP contribution in [0.25, 0.3) is 6.08 Å². The van der Waals surface area contributed by atoms with Crippen LogP contribution in [0.15, 0.2) is 54.6 Å². The minimum atomic E-state index is -0.343. The molecule has 156 valence electrons. The number of carbonyl (C=O) groups is 2. The molecule has 2 aromatic rings. The molecule has 1 aliphatic carbocycles. The van der Waals surface area contributed by atoms with Crippen molar-refractivity contribution in [3.63, 3.8) is 0 Å². The molecule has 1 aliphatic rings. The van der Waals surface area contributed by atoms with E-state index >= 15 is 0 Å². The summed E-state index contributed by atoms with van der Waals surface area (Å²) in [6, 6.07) is 14.4. The van der Waals surface area contributed by atoms with Gasteiger partial charge in [0.25, 0.3) is 0 Å². The zero-order chi connectivity index (χ0) is 21.3. The normalized spacial score (nSPS) is 14.3. The van der Waals surface area contributed by atoms with Gasteiger partial charge in [0.15, 0.2) is 5.11 Å². The fourth-order valence-electron chi connectivity index (χ4n) is 3.35. The molecule has 0 radical (unpaired) electrons. The van der Waals surface area contributed by atoms with Crippen LogP contribution < -0.4 is 16.0 Å². The number of amides is 2. The number of anilines is 2. The molecule has 1 saturated carbocycles. The SMILES string of the molecule is O=C(/C=C/c1ccc(Cl)cc1)NC(=S)Nc1cccc(NC(=O)C2CCCCC2)c1. The second-order valence-corrected chi connectivity index (χ2v) is 8.08. The van der Waals surface area contributed by atoms with E-state index in [0.717, 1.165) is 31.2 Å². The summed E-state index contributed by atoms with van der Waals surface area (Å²) in [5, 5.41) is 9.37. The molecule has 30 heavy (non-hydrogen) atoms. The fourth-order valence-corrected chi connectivity index (χ4v) is 3.69. The van der Waals surface area contributed by atoms with Crippen LogP contribution in [-0.4, -0.2) is 16.9 Å². The molecule has 7 heteroatoms. The standard InChI is InChI=1S/C23H24ClN3O2S/c24-18-12-9-16(10-13-18)11-14-21(28)27-23(30)26-20-8-4-7-19(15-20)25-22(29)17-5-2-1-3-6-17/h4,7-15,17H,1-3,5-6H2,(H,25,29)(H2,26,27,28,30)/b14-11+. The summed E-state index contributed by atoms with van der Waals surface area (Å²) in [6.07, 6.45) is 8.40. The number of benzene rings is 2. The summed E-state index contributed by atoms with van der Waals surface area (Å²) in [4.78, 5) is 24.5. The molecule has 2 amide bonds. The molecule has 0 saturated heterocycles. The van der Waals surface area contributed by atoms with Gasteiger partial charge in [0, 0.05) is 28.4 Å². The maximum atomic E-state index is 12.4. The van der Waals surface area contributed by atoms with Crippen LogP contribution in [0.4, 0.5) is 11.4 Å². The second kappa shape index (κ2) is 10.9. The maximum Gasteiger partial charge on any atom is 0.250 e. The van der Waals surface area contributed by atoms with Crippen LogP contribution in [0.5, 0.6) is 0 Å². The molecular formula is C23H24ClN3O2S. The number of carbonyl (C=O) groups excluding carboxylic acids is 2. The van der Waals surface area contributed by atoms with E-state index in [-0.39, 0.29) is 22.8 Å². The lowest BCUT2D eigenvalue weighted by Gasteiger charge is -2.21. The largest absolute Gasteiger partial charge is 0.332 e. The number of hydrogen-bond donors (Lipinski definition) is 3. The lowest BCUT2D eigenvalue weighted by Crippen LogP contribution is -2.32. The molecule has 2 aromatic carbocycles. The van der Waals surface area contributed by atoms with Gasteiger partial charge in [0.1, 0.15) is 0 Å². The van der Waals surface area contributed by atoms with Gasteiger partial charge in [0.2, 0.25) is 11.8 Å². The van der Waals surface area contributed by atoms with Crippen molar-refractivity contribution in [2.45, 2.75) is 32.1 Å². The smallest absolute Gasteiger partial charge is 0.250 e. The van der Waals surface area contributed by atoms with Crippen molar-refractivity contribution in [3.8, 4) is 0 Å². The number of thiocarbonyl (C=S) groups is 1. The molecule has 0 unspecified atom stereocenters. The highest BCUT2D eigenvalue weighted by atomic mass is 35.5. The van der Waals surface area contributed by atoms with Crippen LogP contribution in [0.1, 0.15) is 37.7 Å². The summed E-state index contributed by atoms with van der Waals surface area (Å²) in [6.45, 7) is 0. The summed E-state index contributed by atoms with van der Waals surface area (Å²) >= 11 is 11.1. The first-order valence-corrected chi connectivity index (χ1v) is 10.7. The van der Waals surface area contributed by atoms with Gasteiger partial charge in [-0.15, -0.1) is 0 Å². The Kier molecular flexibility index (Phi) is 7.99. The molecule has 0 spiro atoms. The van der Waals surface area contributed by atoms with E-state index in [4.69, 9.17) is 23.8 Å². The van der Waals surface area contributed by atoms with Crippen LogP contribution >= 0.6 is 23.8 Å². The van der Waals surface area contributed by atoms with Gasteiger partial charge in [-0.1, -0.05) is 49.1 Å². The van der Waals surface area contributed by atoms with Gasteiger partial charge < -0.3 is 10.6 Å². The van der Waals surface area contributed by atoms with E-state index in [1.165, 1.54) is 12.5 Å². The molecule has 0 aromatic heterocycles. The zero-order valence-electron chi connectivity index (χ0n) is 16.5. The predicted molar refractivity (Wildman–Crippen MR) is 126 cm³/mol. The summed E-state index contributed by atoms with van der Waals surface area (Å²) in [7, 11) is 0. The highest BCUT2D eigenvalue weighted by molar-refractivity contribution is 7.80. The van der Waals surface area contributed by atoms with Gasteiger partial charge in [-0.25, -0.2) is 0 Å². The third-order valence-corrected chi connectivity index (χ3v) is 5.35.